The molecule has 0 unspecified atom stereocenters. The summed E-state index contributed by atoms with van der Waals surface area (Å²) in [4.78, 5) is 5.03. The van der Waals surface area contributed by atoms with Gasteiger partial charge in [0.15, 0.2) is 0 Å². The van der Waals surface area contributed by atoms with Crippen molar-refractivity contribution in [3.8, 4) is 6.07 Å². The monoisotopic (exact) mass is 252 g/mol. The predicted molar refractivity (Wildman–Crippen MR) is 61.1 cm³/mol. The standard InChI is InChI=1S/C11H12N2O3S/c12-8-10-2-4-11(5-3-10)9-17(14,15)13-6-1-7-16-13/h2-5H,1,6-7,9H2. The van der Waals surface area contributed by atoms with Crippen LogP contribution in [0.4, 0.5) is 0 Å². The highest BCUT2D eigenvalue weighted by Crippen LogP contribution is 2.16. The molecule has 6 heteroatoms. The second kappa shape index (κ2) is 4.84. The molecule has 90 valence electrons. The average molecular weight is 252 g/mol. The summed E-state index contributed by atoms with van der Waals surface area (Å²) in [6, 6.07) is 8.49. The van der Waals surface area contributed by atoms with Crippen LogP contribution in [0.25, 0.3) is 0 Å². The lowest BCUT2D eigenvalue weighted by Crippen LogP contribution is -2.28. The Bertz CT molecular complexity index is 525. The van der Waals surface area contributed by atoms with E-state index in [0.717, 1.165) is 10.9 Å². The number of nitriles is 1. The molecule has 0 radical (unpaired) electrons. The van der Waals surface area contributed by atoms with Crippen LogP contribution in [0.2, 0.25) is 0 Å². The minimum Gasteiger partial charge on any atom is -0.284 e. The van der Waals surface area contributed by atoms with Gasteiger partial charge in [-0.2, -0.15) is 5.26 Å². The Morgan fingerprint density at radius 2 is 2.06 bits per heavy atom. The van der Waals surface area contributed by atoms with E-state index >= 15 is 0 Å². The summed E-state index contributed by atoms with van der Waals surface area (Å²) >= 11 is 0. The zero-order valence-corrected chi connectivity index (χ0v) is 9.98. The molecule has 1 fully saturated rings. The van der Waals surface area contributed by atoms with E-state index in [1.54, 1.807) is 24.3 Å². The van der Waals surface area contributed by atoms with Crippen LogP contribution in [-0.2, 0) is 20.6 Å². The molecule has 1 aliphatic heterocycles. The normalized spacial score (nSPS) is 16.9. The minimum atomic E-state index is -3.40. The van der Waals surface area contributed by atoms with E-state index in [0.29, 0.717) is 24.3 Å². The van der Waals surface area contributed by atoms with E-state index in [1.807, 2.05) is 6.07 Å². The van der Waals surface area contributed by atoms with Crippen molar-refractivity contribution in [1.82, 2.24) is 4.47 Å². The van der Waals surface area contributed by atoms with Gasteiger partial charge in [-0.25, -0.2) is 8.42 Å². The summed E-state index contributed by atoms with van der Waals surface area (Å²) in [5, 5.41) is 8.64. The number of rotatable bonds is 3. The SMILES string of the molecule is N#Cc1ccc(CS(=O)(=O)N2CCCO2)cc1. The summed E-state index contributed by atoms with van der Waals surface area (Å²) < 4.78 is 24.8. The molecule has 1 saturated heterocycles. The van der Waals surface area contributed by atoms with Gasteiger partial charge in [0.2, 0.25) is 10.0 Å². The van der Waals surface area contributed by atoms with E-state index in [4.69, 9.17) is 10.1 Å². The molecule has 0 atom stereocenters. The summed E-state index contributed by atoms with van der Waals surface area (Å²) in [7, 11) is -3.40. The fraction of sp³-hybridized carbons (Fsp3) is 0.364. The first-order valence-electron chi connectivity index (χ1n) is 5.24. The van der Waals surface area contributed by atoms with Crippen molar-refractivity contribution < 1.29 is 13.3 Å². The van der Waals surface area contributed by atoms with Crippen LogP contribution in [0, 0.1) is 11.3 Å². The first-order valence-corrected chi connectivity index (χ1v) is 6.85. The lowest BCUT2D eigenvalue weighted by atomic mass is 10.2. The smallest absolute Gasteiger partial charge is 0.240 e. The van der Waals surface area contributed by atoms with Gasteiger partial charge in [0.1, 0.15) is 0 Å². The number of benzene rings is 1. The Morgan fingerprint density at radius 1 is 1.35 bits per heavy atom. The van der Waals surface area contributed by atoms with Gasteiger partial charge in [-0.15, -0.1) is 0 Å². The van der Waals surface area contributed by atoms with Crippen molar-refractivity contribution in [1.29, 1.82) is 5.26 Å². The Morgan fingerprint density at radius 3 is 2.59 bits per heavy atom. The topological polar surface area (TPSA) is 70.4 Å². The van der Waals surface area contributed by atoms with E-state index in [1.165, 1.54) is 0 Å². The molecule has 1 heterocycles. The number of hydrogen-bond donors (Lipinski definition) is 0. The third-order valence-corrected chi connectivity index (χ3v) is 4.07. The van der Waals surface area contributed by atoms with E-state index in [-0.39, 0.29) is 5.75 Å². The molecule has 0 spiro atoms. The molecule has 0 aliphatic carbocycles. The molecule has 0 aromatic heterocycles. The minimum absolute atomic E-state index is 0.0985. The van der Waals surface area contributed by atoms with Crippen molar-refractivity contribution in [2.75, 3.05) is 13.2 Å². The maximum Gasteiger partial charge on any atom is 0.240 e. The second-order valence-corrected chi connectivity index (χ2v) is 5.64. The highest BCUT2D eigenvalue weighted by Gasteiger charge is 2.26. The van der Waals surface area contributed by atoms with Crippen LogP contribution in [0.15, 0.2) is 24.3 Å². The summed E-state index contributed by atoms with van der Waals surface area (Å²) in [5.74, 6) is -0.0985. The highest BCUT2D eigenvalue weighted by atomic mass is 32.2. The molecule has 5 nitrogen and oxygen atoms in total. The van der Waals surface area contributed by atoms with Crippen molar-refractivity contribution in [3.63, 3.8) is 0 Å². The Kier molecular flexibility index (Phi) is 3.43. The quantitative estimate of drug-likeness (QED) is 0.805. The van der Waals surface area contributed by atoms with Gasteiger partial charge in [0.05, 0.1) is 24.0 Å². The predicted octanol–water partition coefficient (Wildman–Crippen LogP) is 1.03. The first kappa shape index (κ1) is 12.0. The Hall–Kier alpha value is -1.42. The van der Waals surface area contributed by atoms with Crippen molar-refractivity contribution in [3.05, 3.63) is 35.4 Å². The molecular formula is C11H12N2O3S. The largest absolute Gasteiger partial charge is 0.284 e. The summed E-state index contributed by atoms with van der Waals surface area (Å²) in [5.41, 5.74) is 1.17. The average Bonchev–Trinajstić information content (AvgIpc) is 2.84. The van der Waals surface area contributed by atoms with E-state index in [2.05, 4.69) is 0 Å². The molecular weight excluding hydrogens is 240 g/mol. The van der Waals surface area contributed by atoms with E-state index < -0.39 is 10.0 Å². The maximum absolute atomic E-state index is 11.9. The molecule has 0 N–H and O–H groups in total. The van der Waals surface area contributed by atoms with Gasteiger partial charge in [-0.05, 0) is 24.1 Å². The molecule has 1 aliphatic rings. The number of hydrogen-bond acceptors (Lipinski definition) is 4. The fourth-order valence-electron chi connectivity index (χ4n) is 1.60. The Balaban J connectivity index is 2.11. The molecule has 2 rings (SSSR count). The van der Waals surface area contributed by atoms with Gasteiger partial charge in [0.25, 0.3) is 0 Å². The van der Waals surface area contributed by atoms with Crippen molar-refractivity contribution in [2.45, 2.75) is 12.2 Å². The third-order valence-electron chi connectivity index (χ3n) is 2.46. The van der Waals surface area contributed by atoms with Gasteiger partial charge >= 0.3 is 0 Å². The van der Waals surface area contributed by atoms with Gasteiger partial charge < -0.3 is 0 Å². The van der Waals surface area contributed by atoms with Gasteiger partial charge in [-0.1, -0.05) is 16.6 Å². The van der Waals surface area contributed by atoms with Gasteiger partial charge in [0, 0.05) is 6.54 Å². The third kappa shape index (κ3) is 2.82. The first-order chi connectivity index (χ1) is 8.12. The highest BCUT2D eigenvalue weighted by molar-refractivity contribution is 7.88. The van der Waals surface area contributed by atoms with E-state index in [9.17, 15) is 8.42 Å². The number of sulfonamides is 1. The number of nitrogens with zero attached hydrogens (tertiary/aromatic N) is 2. The lowest BCUT2D eigenvalue weighted by Gasteiger charge is -2.13. The molecule has 0 bridgehead atoms. The fourth-order valence-corrected chi connectivity index (χ4v) is 3.00. The van der Waals surface area contributed by atoms with Crippen LogP contribution >= 0.6 is 0 Å². The molecule has 17 heavy (non-hydrogen) atoms. The second-order valence-electron chi connectivity index (χ2n) is 3.78. The summed E-state index contributed by atoms with van der Waals surface area (Å²) in [6.45, 7) is 0.866. The van der Waals surface area contributed by atoms with Crippen LogP contribution in [0.1, 0.15) is 17.5 Å². The Labute approximate surface area is 100 Å². The lowest BCUT2D eigenvalue weighted by molar-refractivity contribution is -0.0286. The molecule has 1 aromatic carbocycles. The van der Waals surface area contributed by atoms with Crippen LogP contribution in [-0.4, -0.2) is 26.0 Å². The zero-order chi connectivity index (χ0) is 12.3. The molecule has 1 aromatic rings. The number of hydroxylamine groups is 1. The summed E-state index contributed by atoms with van der Waals surface area (Å²) in [6.07, 6.45) is 0.729. The molecule has 0 saturated carbocycles. The zero-order valence-electron chi connectivity index (χ0n) is 9.17. The van der Waals surface area contributed by atoms with Crippen molar-refractivity contribution in [2.24, 2.45) is 0 Å². The maximum atomic E-state index is 11.9. The van der Waals surface area contributed by atoms with Crippen molar-refractivity contribution >= 4 is 10.0 Å². The van der Waals surface area contributed by atoms with Crippen LogP contribution in [0.3, 0.4) is 0 Å². The molecule has 0 amide bonds. The van der Waals surface area contributed by atoms with Gasteiger partial charge in [-0.3, -0.25) is 4.84 Å². The van der Waals surface area contributed by atoms with Crippen LogP contribution < -0.4 is 0 Å². The van der Waals surface area contributed by atoms with Crippen LogP contribution in [0.5, 0.6) is 0 Å².